The molecule has 0 spiro atoms. The number of benzene rings is 3. The molecule has 3 aromatic carbocycles. The highest BCUT2D eigenvalue weighted by molar-refractivity contribution is 8.00. The first kappa shape index (κ1) is 33.1. The standard InChI is InChI=1S/C37H36N4O6S3/c1-37(2,3)20-11-9-19(10-12-20)27-28-24-17-25(30-29(24)33(43)41(34(30)44)22-7-5-4-6-8-22)31(28)48-35-32(27)49-36(45)40(35)18-26(42)39-21-13-15-23(16-14-21)50(38,46)47/h4-16,24-25,27-31H,17-18H2,1-3H3,(H,39,42)(H2,38,46,47). The Labute approximate surface area is 298 Å². The first-order chi connectivity index (χ1) is 23.7. The van der Waals surface area contributed by atoms with E-state index in [1.165, 1.54) is 39.3 Å². The Morgan fingerprint density at radius 2 is 1.54 bits per heavy atom. The Morgan fingerprint density at radius 3 is 2.16 bits per heavy atom. The molecule has 50 heavy (non-hydrogen) atoms. The molecule has 1 saturated heterocycles. The predicted octanol–water partition coefficient (Wildman–Crippen LogP) is 5.17. The van der Waals surface area contributed by atoms with Crippen LogP contribution in [0.15, 0.2) is 93.6 Å². The van der Waals surface area contributed by atoms with E-state index in [0.29, 0.717) is 11.4 Å². The van der Waals surface area contributed by atoms with Gasteiger partial charge in [-0.25, -0.2) is 13.6 Å². The Hall–Kier alpha value is -4.04. The Bertz CT molecular complexity index is 2210. The summed E-state index contributed by atoms with van der Waals surface area (Å²) >= 11 is 2.72. The summed E-state index contributed by atoms with van der Waals surface area (Å²) in [7, 11) is -3.89. The second kappa shape index (κ2) is 11.8. The van der Waals surface area contributed by atoms with Crippen LogP contribution in [0.4, 0.5) is 11.4 Å². The lowest BCUT2D eigenvalue weighted by molar-refractivity contribution is -0.123. The number of para-hydroxylation sites is 1. The number of thioether (sulfide) groups is 1. The zero-order valence-electron chi connectivity index (χ0n) is 27.6. The molecule has 4 aromatic rings. The molecular formula is C37H36N4O6S3. The Morgan fingerprint density at radius 1 is 0.900 bits per heavy atom. The fourth-order valence-corrected chi connectivity index (χ4v) is 12.4. The van der Waals surface area contributed by atoms with E-state index in [1.807, 2.05) is 18.2 Å². The molecular weight excluding hydrogens is 693 g/mol. The molecule has 13 heteroatoms. The van der Waals surface area contributed by atoms with Crippen LogP contribution in [0.3, 0.4) is 0 Å². The molecule has 2 aliphatic heterocycles. The van der Waals surface area contributed by atoms with Crippen LogP contribution in [0, 0.1) is 29.6 Å². The Kier molecular flexibility index (Phi) is 7.79. The molecule has 10 nitrogen and oxygen atoms in total. The van der Waals surface area contributed by atoms with E-state index in [0.717, 1.165) is 33.2 Å². The number of aromatic nitrogens is 1. The average Bonchev–Trinajstić information content (AvgIpc) is 3.79. The molecule has 2 bridgehead atoms. The number of fused-ring (bicyclic) bond motifs is 9. The Balaban J connectivity index is 1.16. The van der Waals surface area contributed by atoms with Crippen LogP contribution in [0.25, 0.3) is 0 Å². The van der Waals surface area contributed by atoms with Crippen LogP contribution in [0.5, 0.6) is 0 Å². The molecule has 4 aliphatic rings. The second-order valence-electron chi connectivity index (χ2n) is 14.7. The SMILES string of the molecule is CC(C)(C)c1ccc(C2c3sc(=O)n(CC(=O)Nc4ccc(S(N)(=O)=O)cc4)c3SC3C4CC(C5C(=O)N(c6ccccc6)C(=O)C45)C23)cc1. The van der Waals surface area contributed by atoms with Crippen molar-refractivity contribution >= 4 is 62.2 Å². The zero-order valence-corrected chi connectivity index (χ0v) is 30.1. The summed E-state index contributed by atoms with van der Waals surface area (Å²) in [4.78, 5) is 57.0. The van der Waals surface area contributed by atoms with Crippen molar-refractivity contribution in [2.24, 2.45) is 34.7 Å². The van der Waals surface area contributed by atoms with E-state index < -0.39 is 27.8 Å². The van der Waals surface area contributed by atoms with E-state index in [2.05, 4.69) is 50.4 Å². The molecule has 3 heterocycles. The number of carbonyl (C=O) groups excluding carboxylic acids is 3. The number of nitrogens with two attached hydrogens (primary N) is 1. The van der Waals surface area contributed by atoms with Crippen LogP contribution >= 0.6 is 23.1 Å². The highest BCUT2D eigenvalue weighted by Gasteiger charge is 2.69. The number of nitrogens with one attached hydrogen (secondary N) is 1. The molecule has 3 N–H and O–H groups in total. The largest absolute Gasteiger partial charge is 0.325 e. The highest BCUT2D eigenvalue weighted by Crippen LogP contribution is 2.69. The van der Waals surface area contributed by atoms with Gasteiger partial charge in [0.05, 0.1) is 27.4 Å². The molecule has 7 unspecified atom stereocenters. The van der Waals surface area contributed by atoms with Gasteiger partial charge in [-0.15, -0.1) is 11.8 Å². The average molecular weight is 729 g/mol. The van der Waals surface area contributed by atoms with Crippen molar-refractivity contribution in [3.05, 3.63) is 105 Å². The number of amides is 3. The first-order valence-corrected chi connectivity index (χ1v) is 19.8. The molecule has 3 fully saturated rings. The number of hydrogen-bond donors (Lipinski definition) is 2. The van der Waals surface area contributed by atoms with Crippen molar-refractivity contribution in [2.45, 2.75) is 60.2 Å². The van der Waals surface area contributed by atoms with Gasteiger partial charge in [-0.05, 0) is 77.1 Å². The van der Waals surface area contributed by atoms with Crippen LogP contribution < -0.4 is 20.2 Å². The molecule has 7 atom stereocenters. The van der Waals surface area contributed by atoms with Crippen molar-refractivity contribution in [3.8, 4) is 0 Å². The van der Waals surface area contributed by atoms with E-state index in [4.69, 9.17) is 5.14 Å². The number of sulfonamides is 1. The molecule has 0 radical (unpaired) electrons. The minimum Gasteiger partial charge on any atom is -0.325 e. The van der Waals surface area contributed by atoms with Gasteiger partial charge in [-0.2, -0.15) is 0 Å². The smallest absolute Gasteiger partial charge is 0.308 e. The molecule has 1 aromatic heterocycles. The third kappa shape index (κ3) is 5.28. The van der Waals surface area contributed by atoms with Gasteiger partial charge in [0, 0.05) is 21.7 Å². The number of nitrogens with zero attached hydrogens (tertiary/aromatic N) is 2. The monoisotopic (exact) mass is 728 g/mol. The number of anilines is 2. The summed E-state index contributed by atoms with van der Waals surface area (Å²) in [5.74, 6) is -1.77. The molecule has 8 rings (SSSR count). The first-order valence-electron chi connectivity index (χ1n) is 16.6. The minimum absolute atomic E-state index is 0.0254. The van der Waals surface area contributed by atoms with Crippen molar-refractivity contribution in [1.82, 2.24) is 4.57 Å². The summed E-state index contributed by atoms with van der Waals surface area (Å²) in [6, 6.07) is 23.2. The predicted molar refractivity (Wildman–Crippen MR) is 193 cm³/mol. The topological polar surface area (TPSA) is 149 Å². The van der Waals surface area contributed by atoms with Crippen molar-refractivity contribution in [3.63, 3.8) is 0 Å². The van der Waals surface area contributed by atoms with E-state index in [-0.39, 0.29) is 62.5 Å². The van der Waals surface area contributed by atoms with Gasteiger partial charge >= 0.3 is 4.87 Å². The number of primary sulfonamides is 1. The van der Waals surface area contributed by atoms with Crippen LogP contribution in [-0.4, -0.2) is 36.0 Å². The summed E-state index contributed by atoms with van der Waals surface area (Å²) in [5, 5.41) is 8.67. The van der Waals surface area contributed by atoms with E-state index >= 15 is 0 Å². The van der Waals surface area contributed by atoms with Gasteiger partial charge in [-0.1, -0.05) is 74.6 Å². The van der Waals surface area contributed by atoms with Gasteiger partial charge in [-0.3, -0.25) is 28.6 Å². The summed E-state index contributed by atoms with van der Waals surface area (Å²) in [6.07, 6.45) is 0.766. The van der Waals surface area contributed by atoms with Crippen LogP contribution in [-0.2, 0) is 36.4 Å². The maximum Gasteiger partial charge on any atom is 0.308 e. The molecule has 258 valence electrons. The summed E-state index contributed by atoms with van der Waals surface area (Å²) in [5.41, 5.74) is 3.16. The van der Waals surface area contributed by atoms with Crippen LogP contribution in [0.1, 0.15) is 49.1 Å². The lowest BCUT2D eigenvalue weighted by Crippen LogP contribution is -2.43. The number of rotatable bonds is 6. The number of carbonyl (C=O) groups is 3. The van der Waals surface area contributed by atoms with Crippen molar-refractivity contribution in [1.29, 1.82) is 0 Å². The summed E-state index contributed by atoms with van der Waals surface area (Å²) in [6.45, 7) is 6.25. The molecule has 3 amide bonds. The number of imide groups is 1. The maximum absolute atomic E-state index is 14.1. The third-order valence-electron chi connectivity index (χ3n) is 10.9. The van der Waals surface area contributed by atoms with Gasteiger partial charge in [0.15, 0.2) is 0 Å². The highest BCUT2D eigenvalue weighted by atomic mass is 32.2. The van der Waals surface area contributed by atoms with Crippen molar-refractivity contribution in [2.75, 3.05) is 10.2 Å². The van der Waals surface area contributed by atoms with Crippen LogP contribution in [0.2, 0.25) is 0 Å². The number of thiazole rings is 1. The van der Waals surface area contributed by atoms with Gasteiger partial charge in [0.25, 0.3) is 0 Å². The summed E-state index contributed by atoms with van der Waals surface area (Å²) < 4.78 is 24.8. The number of hydrogen-bond acceptors (Lipinski definition) is 8. The van der Waals surface area contributed by atoms with Gasteiger partial charge in [0.2, 0.25) is 27.7 Å². The minimum atomic E-state index is -3.89. The molecule has 2 aliphatic carbocycles. The fraction of sp³-hybridized carbons (Fsp3) is 0.351. The van der Waals surface area contributed by atoms with Gasteiger partial charge in [0.1, 0.15) is 6.54 Å². The zero-order chi connectivity index (χ0) is 35.3. The van der Waals surface area contributed by atoms with E-state index in [1.54, 1.807) is 23.9 Å². The third-order valence-corrected chi connectivity index (χ3v) is 14.6. The normalized spacial score (nSPS) is 26.9. The quantitative estimate of drug-likeness (QED) is 0.260. The van der Waals surface area contributed by atoms with Crippen molar-refractivity contribution < 1.29 is 22.8 Å². The maximum atomic E-state index is 14.1. The fourth-order valence-electron chi connectivity index (χ4n) is 8.72. The lowest BCUT2D eigenvalue weighted by Gasteiger charge is -2.43. The second-order valence-corrected chi connectivity index (χ2v) is 18.4. The molecule has 2 saturated carbocycles. The van der Waals surface area contributed by atoms with Gasteiger partial charge < -0.3 is 5.32 Å². The lowest BCUT2D eigenvalue weighted by atomic mass is 9.68. The van der Waals surface area contributed by atoms with E-state index in [9.17, 15) is 27.6 Å².